The van der Waals surface area contributed by atoms with Crippen LogP contribution in [0.15, 0.2) is 71.0 Å². The van der Waals surface area contributed by atoms with E-state index < -0.39 is 24.3 Å². The van der Waals surface area contributed by atoms with Crippen LogP contribution in [0.3, 0.4) is 0 Å². The van der Waals surface area contributed by atoms with Gasteiger partial charge in [-0.15, -0.1) is 0 Å². The average molecular weight is 664 g/mol. The molecule has 0 bridgehead atoms. The third kappa shape index (κ3) is 8.63. The lowest BCUT2D eigenvalue weighted by atomic mass is 9.95. The van der Waals surface area contributed by atoms with Crippen LogP contribution in [0.5, 0.6) is 23.0 Å². The van der Waals surface area contributed by atoms with Crippen molar-refractivity contribution < 1.29 is 38.4 Å². The molecule has 3 aromatic carbocycles. The fourth-order valence-corrected chi connectivity index (χ4v) is 4.95. The van der Waals surface area contributed by atoms with Crippen molar-refractivity contribution in [2.24, 2.45) is 5.10 Å². The summed E-state index contributed by atoms with van der Waals surface area (Å²) in [7, 11) is 2.74. The Morgan fingerprint density at radius 1 is 1.13 bits per heavy atom. The van der Waals surface area contributed by atoms with E-state index in [1.165, 1.54) is 20.4 Å². The number of carbonyl (C=O) groups is 2. The topological polar surface area (TPSA) is 173 Å². The normalized spacial score (nSPS) is 14.8. The summed E-state index contributed by atoms with van der Waals surface area (Å²) in [5.74, 6) is 0.751. The zero-order valence-corrected chi connectivity index (χ0v) is 26.9. The van der Waals surface area contributed by atoms with Gasteiger partial charge in [0.1, 0.15) is 13.2 Å². The molecule has 0 aliphatic carbocycles. The van der Waals surface area contributed by atoms with Crippen LogP contribution in [0.25, 0.3) is 0 Å². The van der Waals surface area contributed by atoms with Gasteiger partial charge in [0.2, 0.25) is 0 Å². The van der Waals surface area contributed by atoms with Gasteiger partial charge in [-0.3, -0.25) is 5.43 Å². The molecule has 14 heteroatoms. The molecule has 47 heavy (non-hydrogen) atoms. The third-order valence-corrected chi connectivity index (χ3v) is 7.15. The molecule has 0 fully saturated rings. The van der Waals surface area contributed by atoms with E-state index in [1.807, 2.05) is 6.07 Å². The number of methoxy groups -OCH3 is 2. The number of carbonyl (C=O) groups excluding carboxylic acids is 2. The predicted molar refractivity (Wildman–Crippen MR) is 172 cm³/mol. The Kier molecular flexibility index (Phi) is 11.9. The number of nitriles is 1. The Bertz CT molecular complexity index is 1720. The second-order valence-electron chi connectivity index (χ2n) is 10.0. The molecule has 3 aromatic rings. The van der Waals surface area contributed by atoms with E-state index in [1.54, 1.807) is 62.4 Å². The number of benzene rings is 3. The molecule has 13 nitrogen and oxygen atoms in total. The number of rotatable bonds is 14. The first-order valence-corrected chi connectivity index (χ1v) is 14.8. The molecular formula is C33H34ClN5O8. The van der Waals surface area contributed by atoms with Crippen LogP contribution < -0.4 is 35.0 Å². The number of esters is 1. The molecule has 0 spiro atoms. The number of hydrogen-bond donors (Lipinski definition) is 4. The Labute approximate surface area is 276 Å². The van der Waals surface area contributed by atoms with Gasteiger partial charge in [-0.2, -0.15) is 10.4 Å². The van der Waals surface area contributed by atoms with E-state index in [0.29, 0.717) is 57.6 Å². The maximum Gasteiger partial charge on any atom is 0.337 e. The zero-order chi connectivity index (χ0) is 33.9. The highest BCUT2D eigenvalue weighted by Gasteiger charge is 2.32. The summed E-state index contributed by atoms with van der Waals surface area (Å²) in [4.78, 5) is 24.6. The molecule has 2 amide bonds. The van der Waals surface area contributed by atoms with Crippen molar-refractivity contribution in [2.75, 3.05) is 27.4 Å². The Morgan fingerprint density at radius 2 is 1.91 bits per heavy atom. The van der Waals surface area contributed by atoms with Crippen LogP contribution in [-0.2, 0) is 16.1 Å². The first-order chi connectivity index (χ1) is 22.7. The van der Waals surface area contributed by atoms with E-state index in [4.69, 9.17) is 35.3 Å². The van der Waals surface area contributed by atoms with Crippen LogP contribution in [0.2, 0.25) is 5.02 Å². The number of aliphatic hydroxyl groups excluding tert-OH is 1. The second-order valence-corrected chi connectivity index (χ2v) is 10.4. The number of urea groups is 1. The molecule has 0 saturated carbocycles. The molecule has 246 valence electrons. The van der Waals surface area contributed by atoms with Crippen LogP contribution in [0.4, 0.5) is 4.79 Å². The number of amides is 2. The van der Waals surface area contributed by atoms with Gasteiger partial charge >= 0.3 is 12.0 Å². The summed E-state index contributed by atoms with van der Waals surface area (Å²) in [6, 6.07) is 16.2. The van der Waals surface area contributed by atoms with E-state index in [0.717, 1.165) is 0 Å². The molecular weight excluding hydrogens is 630 g/mol. The molecule has 4 rings (SSSR count). The van der Waals surface area contributed by atoms with E-state index in [2.05, 4.69) is 27.2 Å². The number of hydrogen-bond acceptors (Lipinski definition) is 11. The largest absolute Gasteiger partial charge is 0.493 e. The van der Waals surface area contributed by atoms with Gasteiger partial charge in [0.15, 0.2) is 29.2 Å². The smallest absolute Gasteiger partial charge is 0.337 e. The standard InChI is InChI=1S/C33H34ClN5O8/c1-5-45-26-14-21(30-29(32(41)44-4)19(2)37-33(42)38-30)10-11-25(26)46-18-28(40)39-36-16-20-12-24(34)31(27(13-20)43-3)47-17-23-9-7-6-8-22(23)15-35/h6-14,16,28,30,39-40H,5,17-18H2,1-4H3,(H2,37,38,42)/b36-16-/t28-,30+/m1/s1. The second kappa shape index (κ2) is 16.2. The number of halogens is 1. The van der Waals surface area contributed by atoms with Crippen LogP contribution in [0.1, 0.15) is 42.1 Å². The predicted octanol–water partition coefficient (Wildman–Crippen LogP) is 4.32. The summed E-state index contributed by atoms with van der Waals surface area (Å²) < 4.78 is 27.8. The summed E-state index contributed by atoms with van der Waals surface area (Å²) >= 11 is 6.48. The molecule has 1 heterocycles. The first-order valence-electron chi connectivity index (χ1n) is 14.4. The Balaban J connectivity index is 1.39. The number of nitrogens with one attached hydrogen (secondary N) is 3. The lowest BCUT2D eigenvalue weighted by Crippen LogP contribution is -2.45. The number of ether oxygens (including phenoxy) is 5. The van der Waals surface area contributed by atoms with Gasteiger partial charge in [0.05, 0.1) is 55.3 Å². The Morgan fingerprint density at radius 3 is 2.64 bits per heavy atom. The molecule has 0 aromatic heterocycles. The van der Waals surface area contributed by atoms with Gasteiger partial charge in [-0.1, -0.05) is 35.9 Å². The molecule has 4 N–H and O–H groups in total. The van der Waals surface area contributed by atoms with Gasteiger partial charge in [-0.05, 0) is 55.3 Å². The summed E-state index contributed by atoms with van der Waals surface area (Å²) in [5.41, 5.74) is 5.55. The molecule has 1 aliphatic heterocycles. The van der Waals surface area contributed by atoms with Crippen molar-refractivity contribution in [2.45, 2.75) is 32.7 Å². The molecule has 2 atom stereocenters. The van der Waals surface area contributed by atoms with Crippen molar-refractivity contribution in [3.05, 3.63) is 93.1 Å². The number of allylic oxidation sites excluding steroid dienone is 1. The fourth-order valence-electron chi connectivity index (χ4n) is 4.68. The number of hydrazone groups is 1. The van der Waals surface area contributed by atoms with Crippen molar-refractivity contribution >= 4 is 29.8 Å². The lowest BCUT2D eigenvalue weighted by molar-refractivity contribution is -0.136. The van der Waals surface area contributed by atoms with Crippen molar-refractivity contribution in [1.29, 1.82) is 5.26 Å². The van der Waals surface area contributed by atoms with Gasteiger partial charge in [-0.25, -0.2) is 9.59 Å². The van der Waals surface area contributed by atoms with Gasteiger partial charge in [0, 0.05) is 11.3 Å². The quantitative estimate of drug-likeness (QED) is 0.0842. The summed E-state index contributed by atoms with van der Waals surface area (Å²) in [5, 5.41) is 29.4. The maximum absolute atomic E-state index is 12.5. The van der Waals surface area contributed by atoms with E-state index in [9.17, 15) is 20.0 Å². The average Bonchev–Trinajstić information content (AvgIpc) is 3.06. The SMILES string of the molecule is CCOc1cc([C@@H]2NC(=O)NC(C)=C2C(=O)OC)ccc1OC[C@@H](O)N/N=C\c1cc(Cl)c(OCc2ccccc2C#N)c(OC)c1. The van der Waals surface area contributed by atoms with Crippen LogP contribution in [0, 0.1) is 11.3 Å². The lowest BCUT2D eigenvalue weighted by Gasteiger charge is -2.28. The van der Waals surface area contributed by atoms with Crippen molar-refractivity contribution in [3.63, 3.8) is 0 Å². The summed E-state index contributed by atoms with van der Waals surface area (Å²) in [6.45, 7) is 3.64. The molecule has 1 aliphatic rings. The number of nitrogens with zero attached hydrogens (tertiary/aromatic N) is 2. The van der Waals surface area contributed by atoms with E-state index >= 15 is 0 Å². The number of aliphatic hydroxyl groups is 1. The minimum atomic E-state index is -1.21. The highest BCUT2D eigenvalue weighted by Crippen LogP contribution is 2.37. The first kappa shape index (κ1) is 34.4. The summed E-state index contributed by atoms with van der Waals surface area (Å²) in [6.07, 6.45) is 0.231. The van der Waals surface area contributed by atoms with Gasteiger partial charge in [0.25, 0.3) is 0 Å². The molecule has 0 unspecified atom stereocenters. The van der Waals surface area contributed by atoms with Crippen molar-refractivity contribution in [3.8, 4) is 29.1 Å². The molecule has 0 radical (unpaired) electrons. The fraction of sp³-hybridized carbons (Fsp3) is 0.273. The highest BCUT2D eigenvalue weighted by molar-refractivity contribution is 6.32. The van der Waals surface area contributed by atoms with Crippen LogP contribution in [-0.4, -0.2) is 57.0 Å². The monoisotopic (exact) mass is 663 g/mol. The Hall–Kier alpha value is -5.45. The van der Waals surface area contributed by atoms with Crippen molar-refractivity contribution in [1.82, 2.24) is 16.1 Å². The minimum absolute atomic E-state index is 0.120. The van der Waals surface area contributed by atoms with E-state index in [-0.39, 0.29) is 23.8 Å². The molecule has 0 saturated heterocycles. The highest BCUT2D eigenvalue weighted by atomic mass is 35.5. The van der Waals surface area contributed by atoms with Crippen LogP contribution >= 0.6 is 11.6 Å². The van der Waals surface area contributed by atoms with Gasteiger partial charge < -0.3 is 39.4 Å². The maximum atomic E-state index is 12.5. The zero-order valence-electron chi connectivity index (χ0n) is 26.1. The third-order valence-electron chi connectivity index (χ3n) is 6.87. The minimum Gasteiger partial charge on any atom is -0.493 e.